The van der Waals surface area contributed by atoms with E-state index in [1.165, 1.54) is 28.6 Å². The van der Waals surface area contributed by atoms with Crippen LogP contribution in [0.15, 0.2) is 47.4 Å². The Bertz CT molecular complexity index is 1090. The molecule has 0 spiro atoms. The van der Waals surface area contributed by atoms with Crippen molar-refractivity contribution in [3.63, 3.8) is 0 Å². The maximum absolute atomic E-state index is 12.8. The number of sulfonamides is 1. The molecule has 0 bridgehead atoms. The van der Waals surface area contributed by atoms with Gasteiger partial charge in [0.25, 0.3) is 5.91 Å². The number of piperidine rings is 1. The van der Waals surface area contributed by atoms with Crippen LogP contribution in [0.1, 0.15) is 29.6 Å². The molecule has 4 rings (SSSR count). The van der Waals surface area contributed by atoms with Crippen molar-refractivity contribution in [1.82, 2.24) is 4.31 Å². The molecule has 0 radical (unpaired) electrons. The lowest BCUT2D eigenvalue weighted by Gasteiger charge is -2.26. The van der Waals surface area contributed by atoms with Crippen molar-refractivity contribution in [1.29, 1.82) is 0 Å². The second kappa shape index (κ2) is 8.94. The zero-order valence-corrected chi connectivity index (χ0v) is 17.5. The number of rotatable bonds is 6. The number of benzene rings is 2. The molecule has 164 valence electrons. The van der Waals surface area contributed by atoms with E-state index in [1.807, 2.05) is 0 Å². The Hall–Kier alpha value is -3.11. The number of nitrogens with zero attached hydrogens (tertiary/aromatic N) is 1. The Balaban J connectivity index is 1.35. The summed E-state index contributed by atoms with van der Waals surface area (Å²) in [6.07, 6.45) is 2.70. The van der Waals surface area contributed by atoms with Gasteiger partial charge in [-0.25, -0.2) is 13.2 Å². The molecule has 2 heterocycles. The number of anilines is 1. The van der Waals surface area contributed by atoms with Crippen molar-refractivity contribution >= 4 is 27.6 Å². The molecule has 2 aliphatic rings. The van der Waals surface area contributed by atoms with Crippen molar-refractivity contribution < 1.29 is 32.2 Å². The molecule has 2 aromatic rings. The molecule has 9 nitrogen and oxygen atoms in total. The summed E-state index contributed by atoms with van der Waals surface area (Å²) >= 11 is 0. The average Bonchev–Trinajstić information content (AvgIpc) is 3.26. The smallest absolute Gasteiger partial charge is 0.338 e. The van der Waals surface area contributed by atoms with E-state index in [0.29, 0.717) is 30.3 Å². The van der Waals surface area contributed by atoms with Gasteiger partial charge in [-0.1, -0.05) is 12.5 Å². The van der Waals surface area contributed by atoms with Crippen LogP contribution in [0.5, 0.6) is 11.5 Å². The first-order valence-electron chi connectivity index (χ1n) is 9.90. The van der Waals surface area contributed by atoms with Gasteiger partial charge in [0, 0.05) is 18.8 Å². The van der Waals surface area contributed by atoms with Gasteiger partial charge in [0.05, 0.1) is 10.5 Å². The highest BCUT2D eigenvalue weighted by atomic mass is 32.2. The number of hydrogen-bond acceptors (Lipinski definition) is 7. The molecule has 2 aliphatic heterocycles. The van der Waals surface area contributed by atoms with Gasteiger partial charge in [-0.15, -0.1) is 0 Å². The van der Waals surface area contributed by atoms with Gasteiger partial charge in [0.2, 0.25) is 16.8 Å². The highest BCUT2D eigenvalue weighted by molar-refractivity contribution is 7.89. The Labute approximate surface area is 179 Å². The zero-order chi connectivity index (χ0) is 21.8. The summed E-state index contributed by atoms with van der Waals surface area (Å²) in [5.41, 5.74) is 0.536. The molecule has 1 N–H and O–H groups in total. The summed E-state index contributed by atoms with van der Waals surface area (Å²) in [5, 5.41) is 2.56. The van der Waals surface area contributed by atoms with Crippen LogP contribution < -0.4 is 14.8 Å². The minimum atomic E-state index is -3.61. The van der Waals surface area contributed by atoms with Crippen LogP contribution >= 0.6 is 0 Å². The summed E-state index contributed by atoms with van der Waals surface area (Å²) in [7, 11) is -3.61. The van der Waals surface area contributed by atoms with E-state index in [1.54, 1.807) is 18.2 Å². The second-order valence-corrected chi connectivity index (χ2v) is 9.12. The minimum Gasteiger partial charge on any atom is -0.454 e. The second-order valence-electron chi connectivity index (χ2n) is 7.18. The summed E-state index contributed by atoms with van der Waals surface area (Å²) in [6, 6.07) is 10.6. The highest BCUT2D eigenvalue weighted by Crippen LogP contribution is 2.32. The summed E-state index contributed by atoms with van der Waals surface area (Å²) in [5.74, 6) is -0.296. The number of ether oxygens (including phenoxy) is 3. The van der Waals surface area contributed by atoms with E-state index in [0.717, 1.165) is 19.3 Å². The molecule has 1 saturated heterocycles. The molecule has 0 atom stereocenters. The molecule has 2 aromatic carbocycles. The van der Waals surface area contributed by atoms with Gasteiger partial charge >= 0.3 is 5.97 Å². The van der Waals surface area contributed by atoms with Gasteiger partial charge < -0.3 is 19.5 Å². The van der Waals surface area contributed by atoms with E-state index in [4.69, 9.17) is 14.2 Å². The quantitative estimate of drug-likeness (QED) is 0.678. The van der Waals surface area contributed by atoms with E-state index >= 15 is 0 Å². The number of nitrogens with one attached hydrogen (secondary N) is 1. The van der Waals surface area contributed by atoms with E-state index in [9.17, 15) is 18.0 Å². The SMILES string of the molecule is O=C(COC(=O)c1ccc2c(c1)OCO2)Nc1cccc(S(=O)(=O)N2CCCCC2)c1. The van der Waals surface area contributed by atoms with Crippen molar-refractivity contribution in [2.24, 2.45) is 0 Å². The zero-order valence-electron chi connectivity index (χ0n) is 16.7. The van der Waals surface area contributed by atoms with E-state index < -0.39 is 28.5 Å². The lowest BCUT2D eigenvalue weighted by atomic mass is 10.2. The number of fused-ring (bicyclic) bond motifs is 1. The van der Waals surface area contributed by atoms with Gasteiger partial charge in [-0.3, -0.25) is 4.79 Å². The Morgan fingerprint density at radius 3 is 2.58 bits per heavy atom. The normalized spacial score (nSPS) is 16.0. The number of esters is 1. The highest BCUT2D eigenvalue weighted by Gasteiger charge is 2.26. The fourth-order valence-corrected chi connectivity index (χ4v) is 4.99. The van der Waals surface area contributed by atoms with Gasteiger partial charge in [-0.05, 0) is 49.2 Å². The topological polar surface area (TPSA) is 111 Å². The molecule has 0 aliphatic carbocycles. The monoisotopic (exact) mass is 446 g/mol. The maximum Gasteiger partial charge on any atom is 0.338 e. The van der Waals surface area contributed by atoms with Crippen LogP contribution in [0, 0.1) is 0 Å². The van der Waals surface area contributed by atoms with Crippen LogP contribution in [0.3, 0.4) is 0 Å². The molecule has 0 aromatic heterocycles. The summed E-state index contributed by atoms with van der Waals surface area (Å²) < 4.78 is 42.5. The molecule has 31 heavy (non-hydrogen) atoms. The fourth-order valence-electron chi connectivity index (χ4n) is 3.42. The summed E-state index contributed by atoms with van der Waals surface area (Å²) in [6.45, 7) is 0.558. The predicted octanol–water partition coefficient (Wildman–Crippen LogP) is 2.39. The largest absolute Gasteiger partial charge is 0.454 e. The van der Waals surface area contributed by atoms with Crippen LogP contribution in [-0.2, 0) is 19.6 Å². The Morgan fingerprint density at radius 2 is 1.77 bits per heavy atom. The van der Waals surface area contributed by atoms with Gasteiger partial charge in [0.15, 0.2) is 18.1 Å². The molecule has 1 fully saturated rings. The lowest BCUT2D eigenvalue weighted by molar-refractivity contribution is -0.119. The summed E-state index contributed by atoms with van der Waals surface area (Å²) in [4.78, 5) is 24.5. The number of carbonyl (C=O) groups excluding carboxylic acids is 2. The van der Waals surface area contributed by atoms with Gasteiger partial charge in [0.1, 0.15) is 0 Å². The molecule has 0 unspecified atom stereocenters. The number of hydrogen-bond donors (Lipinski definition) is 1. The van der Waals surface area contributed by atoms with Crippen LogP contribution in [0.2, 0.25) is 0 Å². The van der Waals surface area contributed by atoms with Crippen LogP contribution in [0.25, 0.3) is 0 Å². The van der Waals surface area contributed by atoms with Crippen molar-refractivity contribution in [2.45, 2.75) is 24.2 Å². The first-order chi connectivity index (χ1) is 14.9. The van der Waals surface area contributed by atoms with E-state index in [-0.39, 0.29) is 17.3 Å². The maximum atomic E-state index is 12.8. The van der Waals surface area contributed by atoms with Crippen molar-refractivity contribution in [3.05, 3.63) is 48.0 Å². The van der Waals surface area contributed by atoms with Crippen LogP contribution in [0.4, 0.5) is 5.69 Å². The third kappa shape index (κ3) is 4.80. The number of carbonyl (C=O) groups is 2. The Morgan fingerprint density at radius 1 is 1.00 bits per heavy atom. The van der Waals surface area contributed by atoms with Crippen molar-refractivity contribution in [2.75, 3.05) is 31.8 Å². The molecular weight excluding hydrogens is 424 g/mol. The predicted molar refractivity (Wildman–Crippen MR) is 111 cm³/mol. The fraction of sp³-hybridized carbons (Fsp3) is 0.333. The van der Waals surface area contributed by atoms with E-state index in [2.05, 4.69) is 5.32 Å². The lowest BCUT2D eigenvalue weighted by Crippen LogP contribution is -2.35. The van der Waals surface area contributed by atoms with Crippen LogP contribution in [-0.4, -0.2) is 51.1 Å². The third-order valence-electron chi connectivity index (χ3n) is 5.01. The Kier molecular flexibility index (Phi) is 6.10. The molecule has 0 saturated carbocycles. The first-order valence-corrected chi connectivity index (χ1v) is 11.3. The average molecular weight is 446 g/mol. The first kappa shape index (κ1) is 21.1. The standard InChI is InChI=1S/C21H22N2O7S/c24-20(13-28-21(25)15-7-8-18-19(11-15)30-14-29-18)22-16-5-4-6-17(12-16)31(26,27)23-9-2-1-3-10-23/h4-8,11-12H,1-3,9-10,13-14H2,(H,22,24). The third-order valence-corrected chi connectivity index (χ3v) is 6.91. The van der Waals surface area contributed by atoms with Gasteiger partial charge in [-0.2, -0.15) is 4.31 Å². The molecule has 1 amide bonds. The minimum absolute atomic E-state index is 0.0861. The molecular formula is C21H22N2O7S. The van der Waals surface area contributed by atoms with Crippen molar-refractivity contribution in [3.8, 4) is 11.5 Å². The number of amides is 1. The molecule has 10 heteroatoms.